The quantitative estimate of drug-likeness (QED) is 0.552. The lowest BCUT2D eigenvalue weighted by atomic mass is 10.0. The number of hydrogen-bond donors (Lipinski definition) is 0. The number of benzene rings is 2. The summed E-state index contributed by atoms with van der Waals surface area (Å²) >= 11 is 0. The maximum atomic E-state index is 5.88. The highest BCUT2D eigenvalue weighted by atomic mass is 16.5. The Kier molecular flexibility index (Phi) is 6.55. The molecule has 0 spiro atoms. The second-order valence-corrected chi connectivity index (χ2v) is 9.10. The zero-order valence-corrected chi connectivity index (χ0v) is 19.5. The summed E-state index contributed by atoms with van der Waals surface area (Å²) in [5, 5.41) is 13.0. The Labute approximate surface area is 195 Å². The standard InChI is InChI=1S/C25H33N7O/c1-29(2)21-12-10-20(11-13-21)24(25-26-27-28-32(25)19-23-9-6-18-33-23)31-16-14-30(15-17-31)22-7-4-3-5-8-22/h3-5,7-8,10-13,23-24H,6,9,14-19H2,1-2H3/t23-,24+/m1/s1. The number of tetrazole rings is 1. The first-order chi connectivity index (χ1) is 16.2. The van der Waals surface area contributed by atoms with Crippen LogP contribution in [0.4, 0.5) is 11.4 Å². The molecule has 2 aliphatic heterocycles. The van der Waals surface area contributed by atoms with E-state index in [1.807, 2.05) is 4.68 Å². The Morgan fingerprint density at radius 3 is 2.42 bits per heavy atom. The number of piperazine rings is 1. The van der Waals surface area contributed by atoms with E-state index >= 15 is 0 Å². The van der Waals surface area contributed by atoms with Crippen LogP contribution in [0.5, 0.6) is 0 Å². The molecule has 0 unspecified atom stereocenters. The molecule has 3 aromatic rings. The molecule has 2 saturated heterocycles. The van der Waals surface area contributed by atoms with E-state index in [0.717, 1.165) is 51.5 Å². The Balaban J connectivity index is 1.41. The molecule has 33 heavy (non-hydrogen) atoms. The van der Waals surface area contributed by atoms with Crippen LogP contribution in [0.3, 0.4) is 0 Å². The van der Waals surface area contributed by atoms with E-state index in [0.29, 0.717) is 6.54 Å². The topological polar surface area (TPSA) is 62.6 Å². The third kappa shape index (κ3) is 4.86. The van der Waals surface area contributed by atoms with Crippen molar-refractivity contribution >= 4 is 11.4 Å². The van der Waals surface area contributed by atoms with Crippen molar-refractivity contribution < 1.29 is 4.74 Å². The number of rotatable bonds is 7. The normalized spacial score (nSPS) is 20.2. The van der Waals surface area contributed by atoms with Gasteiger partial charge < -0.3 is 14.5 Å². The summed E-state index contributed by atoms with van der Waals surface area (Å²) in [6.45, 7) is 5.38. The second-order valence-electron chi connectivity index (χ2n) is 9.10. The van der Waals surface area contributed by atoms with Crippen molar-refractivity contribution in [1.29, 1.82) is 0 Å². The summed E-state index contributed by atoms with van der Waals surface area (Å²) in [7, 11) is 4.13. The van der Waals surface area contributed by atoms with Gasteiger partial charge in [0.25, 0.3) is 0 Å². The van der Waals surface area contributed by atoms with Gasteiger partial charge in [-0.1, -0.05) is 30.3 Å². The molecule has 8 nitrogen and oxygen atoms in total. The van der Waals surface area contributed by atoms with Crippen LogP contribution in [-0.2, 0) is 11.3 Å². The Bertz CT molecular complexity index is 1010. The van der Waals surface area contributed by atoms with Crippen molar-refractivity contribution in [3.05, 3.63) is 66.0 Å². The molecule has 2 aromatic carbocycles. The first-order valence-corrected chi connectivity index (χ1v) is 11.9. The summed E-state index contributed by atoms with van der Waals surface area (Å²) in [6, 6.07) is 19.5. The van der Waals surface area contributed by atoms with Crippen LogP contribution in [-0.4, -0.2) is 78.1 Å². The molecule has 2 atom stereocenters. The van der Waals surface area contributed by atoms with Crippen LogP contribution >= 0.6 is 0 Å². The van der Waals surface area contributed by atoms with E-state index in [2.05, 4.69) is 98.9 Å². The lowest BCUT2D eigenvalue weighted by Crippen LogP contribution is -2.48. The fourth-order valence-corrected chi connectivity index (χ4v) is 4.87. The van der Waals surface area contributed by atoms with Crippen molar-refractivity contribution in [2.24, 2.45) is 0 Å². The Hall–Kier alpha value is -2.97. The van der Waals surface area contributed by atoms with E-state index in [-0.39, 0.29) is 12.1 Å². The molecule has 2 fully saturated rings. The predicted molar refractivity (Wildman–Crippen MR) is 130 cm³/mol. The van der Waals surface area contributed by atoms with E-state index in [1.165, 1.54) is 16.9 Å². The SMILES string of the molecule is CN(C)c1ccc([C@@H](c2nnnn2C[C@H]2CCCO2)N2CCN(c3ccccc3)CC2)cc1. The molecular weight excluding hydrogens is 414 g/mol. The highest BCUT2D eigenvalue weighted by Gasteiger charge is 2.31. The third-order valence-electron chi connectivity index (χ3n) is 6.73. The monoisotopic (exact) mass is 447 g/mol. The maximum absolute atomic E-state index is 5.88. The zero-order chi connectivity index (χ0) is 22.6. The molecule has 8 heteroatoms. The molecule has 0 bridgehead atoms. The number of hydrogen-bond acceptors (Lipinski definition) is 7. The first kappa shape index (κ1) is 21.9. The number of nitrogens with zero attached hydrogens (tertiary/aromatic N) is 7. The number of anilines is 2. The minimum atomic E-state index is 0.00976. The van der Waals surface area contributed by atoms with Crippen molar-refractivity contribution in [1.82, 2.24) is 25.1 Å². The molecule has 0 aliphatic carbocycles. The van der Waals surface area contributed by atoms with Crippen molar-refractivity contribution in [3.8, 4) is 0 Å². The van der Waals surface area contributed by atoms with Crippen LogP contribution < -0.4 is 9.80 Å². The molecule has 0 saturated carbocycles. The summed E-state index contributed by atoms with van der Waals surface area (Å²) in [5.74, 6) is 0.899. The summed E-state index contributed by atoms with van der Waals surface area (Å²) in [5.41, 5.74) is 3.69. The van der Waals surface area contributed by atoms with E-state index in [1.54, 1.807) is 0 Å². The highest BCUT2D eigenvalue weighted by Crippen LogP contribution is 2.31. The largest absolute Gasteiger partial charge is 0.378 e. The smallest absolute Gasteiger partial charge is 0.173 e. The molecular formula is C25H33N7O. The molecule has 174 valence electrons. The fourth-order valence-electron chi connectivity index (χ4n) is 4.87. The molecule has 2 aliphatic rings. The van der Waals surface area contributed by atoms with Crippen LogP contribution in [0.25, 0.3) is 0 Å². The van der Waals surface area contributed by atoms with Gasteiger partial charge >= 0.3 is 0 Å². The fraction of sp³-hybridized carbons (Fsp3) is 0.480. The molecule has 0 radical (unpaired) electrons. The number of ether oxygens (including phenoxy) is 1. The van der Waals surface area contributed by atoms with E-state index < -0.39 is 0 Å². The van der Waals surface area contributed by atoms with Crippen molar-refractivity contribution in [3.63, 3.8) is 0 Å². The first-order valence-electron chi connectivity index (χ1n) is 11.9. The van der Waals surface area contributed by atoms with Crippen LogP contribution in [0.2, 0.25) is 0 Å². The summed E-state index contributed by atoms with van der Waals surface area (Å²) in [6.07, 6.45) is 2.37. The average Bonchev–Trinajstić information content (AvgIpc) is 3.54. The Morgan fingerprint density at radius 1 is 1.00 bits per heavy atom. The van der Waals surface area contributed by atoms with Crippen molar-refractivity contribution in [2.75, 3.05) is 56.7 Å². The van der Waals surface area contributed by atoms with Gasteiger partial charge in [-0.25, -0.2) is 4.68 Å². The minimum Gasteiger partial charge on any atom is -0.378 e. The van der Waals surface area contributed by atoms with Gasteiger partial charge in [-0.3, -0.25) is 4.90 Å². The predicted octanol–water partition coefficient (Wildman–Crippen LogP) is 2.83. The lowest BCUT2D eigenvalue weighted by molar-refractivity contribution is 0.0906. The molecule has 1 aromatic heterocycles. The molecule has 0 amide bonds. The second kappa shape index (κ2) is 9.89. The minimum absolute atomic E-state index is 0.00976. The van der Waals surface area contributed by atoms with Gasteiger partial charge in [0, 0.05) is 58.3 Å². The van der Waals surface area contributed by atoms with Crippen molar-refractivity contribution in [2.45, 2.75) is 31.5 Å². The number of para-hydroxylation sites is 1. The summed E-state index contributed by atoms with van der Waals surface area (Å²) < 4.78 is 7.84. The van der Waals surface area contributed by atoms with Gasteiger partial charge in [0.05, 0.1) is 18.7 Å². The highest BCUT2D eigenvalue weighted by molar-refractivity contribution is 5.48. The van der Waals surface area contributed by atoms with Crippen LogP contribution in [0.15, 0.2) is 54.6 Å². The molecule has 0 N–H and O–H groups in total. The zero-order valence-electron chi connectivity index (χ0n) is 19.5. The van der Waals surface area contributed by atoms with Gasteiger partial charge in [0.1, 0.15) is 0 Å². The molecule has 5 rings (SSSR count). The maximum Gasteiger partial charge on any atom is 0.173 e. The average molecular weight is 448 g/mol. The van der Waals surface area contributed by atoms with Gasteiger partial charge in [-0.05, 0) is 53.1 Å². The van der Waals surface area contributed by atoms with Gasteiger partial charge in [0.2, 0.25) is 0 Å². The lowest BCUT2D eigenvalue weighted by Gasteiger charge is -2.40. The van der Waals surface area contributed by atoms with Gasteiger partial charge in [0.15, 0.2) is 5.82 Å². The van der Waals surface area contributed by atoms with E-state index in [9.17, 15) is 0 Å². The van der Waals surface area contributed by atoms with Gasteiger partial charge in [-0.2, -0.15) is 0 Å². The van der Waals surface area contributed by atoms with E-state index in [4.69, 9.17) is 4.74 Å². The molecule has 3 heterocycles. The summed E-state index contributed by atoms with van der Waals surface area (Å²) in [4.78, 5) is 7.10. The van der Waals surface area contributed by atoms with Crippen LogP contribution in [0, 0.1) is 0 Å². The third-order valence-corrected chi connectivity index (χ3v) is 6.73. The Morgan fingerprint density at radius 2 is 1.76 bits per heavy atom. The van der Waals surface area contributed by atoms with Gasteiger partial charge in [-0.15, -0.1) is 5.10 Å². The van der Waals surface area contributed by atoms with Crippen LogP contribution in [0.1, 0.15) is 30.3 Å². The number of aromatic nitrogens is 4.